The maximum atomic E-state index is 13.3. The number of rotatable bonds is 6. The molecule has 1 saturated heterocycles. The van der Waals surface area contributed by atoms with Crippen LogP contribution in [0.15, 0.2) is 53.5 Å². The van der Waals surface area contributed by atoms with Crippen molar-refractivity contribution >= 4 is 23.3 Å². The molecule has 176 valence electrons. The maximum absolute atomic E-state index is 13.3. The van der Waals surface area contributed by atoms with Crippen LogP contribution in [-0.2, 0) is 9.59 Å². The molecule has 34 heavy (non-hydrogen) atoms. The quantitative estimate of drug-likeness (QED) is 0.664. The predicted octanol–water partition coefficient (Wildman–Crippen LogP) is 3.80. The van der Waals surface area contributed by atoms with Crippen LogP contribution in [0.5, 0.6) is 0 Å². The van der Waals surface area contributed by atoms with Crippen LogP contribution in [0.2, 0.25) is 0 Å². The fraction of sp³-hybridized carbons (Fsp3) is 0.464. The van der Waals surface area contributed by atoms with Crippen molar-refractivity contribution in [3.63, 3.8) is 0 Å². The van der Waals surface area contributed by atoms with E-state index in [0.29, 0.717) is 18.4 Å². The van der Waals surface area contributed by atoms with E-state index in [2.05, 4.69) is 53.4 Å². The van der Waals surface area contributed by atoms with Gasteiger partial charge >= 0.3 is 0 Å². The lowest BCUT2D eigenvalue weighted by Gasteiger charge is -2.23. The van der Waals surface area contributed by atoms with Crippen LogP contribution >= 0.6 is 0 Å². The summed E-state index contributed by atoms with van der Waals surface area (Å²) in [6.07, 6.45) is 4.73. The third-order valence-electron chi connectivity index (χ3n) is 7.75. The molecular formula is C28H32N4O2. The number of aliphatic imine (C=N–C) groups is 1. The maximum Gasteiger partial charge on any atom is 0.256 e. The Morgan fingerprint density at radius 3 is 2.44 bits per heavy atom. The molecule has 4 aliphatic rings. The number of anilines is 1. The lowest BCUT2D eigenvalue weighted by atomic mass is 10.0. The van der Waals surface area contributed by atoms with E-state index in [9.17, 15) is 9.59 Å². The molecule has 2 heterocycles. The zero-order chi connectivity index (χ0) is 23.4. The number of carbonyl (C=O) groups excluding carboxylic acids is 2. The normalized spacial score (nSPS) is 22.9. The molecule has 2 amide bonds. The van der Waals surface area contributed by atoms with Crippen molar-refractivity contribution in [2.24, 2.45) is 16.8 Å². The van der Waals surface area contributed by atoms with Gasteiger partial charge in [-0.2, -0.15) is 0 Å². The number of likely N-dealkylation sites (tertiary alicyclic amines) is 1. The van der Waals surface area contributed by atoms with Gasteiger partial charge in [-0.15, -0.1) is 0 Å². The standard InChI is InChI=1S/C28H32N4O2/c1-30(2)24-5-3-4-23(16-24)20-6-8-21(9-7-20)25-29-28(13-14-28)27(34)32(25)18-19-12-15-31(17-19)26(33)22-10-11-22/h3-9,16,19,22H,10-15,17-18H2,1-2H3/t19-/m1/s1. The van der Waals surface area contributed by atoms with E-state index in [4.69, 9.17) is 4.99 Å². The molecule has 6 nitrogen and oxygen atoms in total. The van der Waals surface area contributed by atoms with Crippen LogP contribution in [0.3, 0.4) is 0 Å². The summed E-state index contributed by atoms with van der Waals surface area (Å²) in [4.78, 5) is 36.8. The van der Waals surface area contributed by atoms with Crippen molar-refractivity contribution in [1.29, 1.82) is 0 Å². The molecule has 0 bridgehead atoms. The number of hydrogen-bond donors (Lipinski definition) is 0. The molecule has 1 atom stereocenters. The van der Waals surface area contributed by atoms with Crippen LogP contribution in [-0.4, -0.2) is 66.7 Å². The van der Waals surface area contributed by atoms with Gasteiger partial charge in [-0.3, -0.25) is 19.5 Å². The predicted molar refractivity (Wildman–Crippen MR) is 134 cm³/mol. The first-order chi connectivity index (χ1) is 16.4. The van der Waals surface area contributed by atoms with Gasteiger partial charge in [0.1, 0.15) is 11.4 Å². The molecule has 0 aromatic heterocycles. The number of amidine groups is 1. The second-order valence-corrected chi connectivity index (χ2v) is 10.6. The first-order valence-electron chi connectivity index (χ1n) is 12.5. The number of nitrogens with zero attached hydrogens (tertiary/aromatic N) is 4. The van der Waals surface area contributed by atoms with Crippen LogP contribution in [0.1, 0.15) is 37.7 Å². The van der Waals surface area contributed by atoms with E-state index in [1.54, 1.807) is 0 Å². The fourth-order valence-electron chi connectivity index (χ4n) is 5.30. The largest absolute Gasteiger partial charge is 0.378 e. The van der Waals surface area contributed by atoms with Crippen LogP contribution in [0.25, 0.3) is 11.1 Å². The molecule has 0 radical (unpaired) electrons. The molecular weight excluding hydrogens is 424 g/mol. The first-order valence-corrected chi connectivity index (χ1v) is 12.5. The van der Waals surface area contributed by atoms with E-state index in [-0.39, 0.29) is 11.8 Å². The Morgan fingerprint density at radius 1 is 1.03 bits per heavy atom. The molecule has 2 aromatic rings. The van der Waals surface area contributed by atoms with Crippen molar-refractivity contribution in [1.82, 2.24) is 9.80 Å². The summed E-state index contributed by atoms with van der Waals surface area (Å²) in [5, 5.41) is 0. The highest BCUT2D eigenvalue weighted by Crippen LogP contribution is 2.46. The lowest BCUT2D eigenvalue weighted by Crippen LogP contribution is -2.40. The second-order valence-electron chi connectivity index (χ2n) is 10.6. The lowest BCUT2D eigenvalue weighted by molar-refractivity contribution is -0.131. The molecule has 3 fully saturated rings. The Morgan fingerprint density at radius 2 is 1.76 bits per heavy atom. The van der Waals surface area contributed by atoms with E-state index >= 15 is 0 Å². The number of carbonyl (C=O) groups is 2. The third kappa shape index (κ3) is 3.79. The second kappa shape index (κ2) is 7.97. The summed E-state index contributed by atoms with van der Waals surface area (Å²) >= 11 is 0. The minimum absolute atomic E-state index is 0.150. The van der Waals surface area contributed by atoms with Gasteiger partial charge in [0.2, 0.25) is 5.91 Å². The van der Waals surface area contributed by atoms with Crippen molar-refractivity contribution in [2.45, 2.75) is 37.6 Å². The Kier molecular flexibility index (Phi) is 5.01. The molecule has 0 unspecified atom stereocenters. The molecule has 2 aromatic carbocycles. The van der Waals surface area contributed by atoms with Crippen molar-refractivity contribution in [3.05, 3.63) is 54.1 Å². The zero-order valence-electron chi connectivity index (χ0n) is 20.0. The van der Waals surface area contributed by atoms with Crippen LogP contribution < -0.4 is 4.90 Å². The summed E-state index contributed by atoms with van der Waals surface area (Å²) in [6, 6.07) is 16.9. The highest BCUT2D eigenvalue weighted by atomic mass is 16.2. The minimum atomic E-state index is -0.518. The van der Waals surface area contributed by atoms with Gasteiger partial charge in [-0.25, -0.2) is 0 Å². The van der Waals surface area contributed by atoms with Crippen molar-refractivity contribution < 1.29 is 9.59 Å². The Bertz CT molecular complexity index is 1160. The topological polar surface area (TPSA) is 56.2 Å². The molecule has 2 aliphatic heterocycles. The number of hydrogen-bond acceptors (Lipinski definition) is 4. The van der Waals surface area contributed by atoms with Gasteiger partial charge in [-0.05, 0) is 61.3 Å². The molecule has 6 heteroatoms. The number of benzene rings is 2. The van der Waals surface area contributed by atoms with Crippen LogP contribution in [0.4, 0.5) is 5.69 Å². The minimum Gasteiger partial charge on any atom is -0.378 e. The Labute approximate surface area is 201 Å². The Hall–Kier alpha value is -3.15. The first kappa shape index (κ1) is 21.4. The van der Waals surface area contributed by atoms with Gasteiger partial charge in [0, 0.05) is 50.9 Å². The van der Waals surface area contributed by atoms with Gasteiger partial charge in [0.15, 0.2) is 0 Å². The molecule has 1 spiro atoms. The molecule has 0 N–H and O–H groups in total. The zero-order valence-corrected chi connectivity index (χ0v) is 20.0. The van der Waals surface area contributed by atoms with E-state index in [0.717, 1.165) is 62.2 Å². The van der Waals surface area contributed by atoms with Gasteiger partial charge in [0.25, 0.3) is 5.91 Å². The average Bonchev–Trinajstić information content (AvgIpc) is 3.78. The summed E-state index contributed by atoms with van der Waals surface area (Å²) in [7, 11) is 4.09. The summed E-state index contributed by atoms with van der Waals surface area (Å²) in [5.41, 5.74) is 3.96. The Balaban J connectivity index is 1.21. The average molecular weight is 457 g/mol. The van der Waals surface area contributed by atoms with Gasteiger partial charge in [-0.1, -0.05) is 36.4 Å². The van der Waals surface area contributed by atoms with E-state index in [1.165, 1.54) is 11.3 Å². The van der Waals surface area contributed by atoms with Gasteiger partial charge in [0.05, 0.1) is 0 Å². The van der Waals surface area contributed by atoms with E-state index in [1.807, 2.05) is 23.9 Å². The molecule has 2 saturated carbocycles. The van der Waals surface area contributed by atoms with Crippen LogP contribution in [0, 0.1) is 11.8 Å². The van der Waals surface area contributed by atoms with E-state index < -0.39 is 5.54 Å². The summed E-state index contributed by atoms with van der Waals surface area (Å²) < 4.78 is 0. The SMILES string of the molecule is CN(C)c1cccc(-c2ccc(C3=NC4(CC4)C(=O)N3C[C@@H]3CCN(C(=O)C4CC4)C3)cc2)c1. The summed E-state index contributed by atoms with van der Waals surface area (Å²) in [6.45, 7) is 2.24. The monoisotopic (exact) mass is 456 g/mol. The molecule has 6 rings (SSSR count). The third-order valence-corrected chi connectivity index (χ3v) is 7.75. The number of amides is 2. The fourth-order valence-corrected chi connectivity index (χ4v) is 5.30. The molecule has 2 aliphatic carbocycles. The highest BCUT2D eigenvalue weighted by Gasteiger charge is 2.57. The smallest absolute Gasteiger partial charge is 0.256 e. The van der Waals surface area contributed by atoms with Gasteiger partial charge < -0.3 is 9.80 Å². The summed E-state index contributed by atoms with van der Waals surface area (Å²) in [5.74, 6) is 1.85. The van der Waals surface area contributed by atoms with Crippen molar-refractivity contribution in [3.8, 4) is 11.1 Å². The highest BCUT2D eigenvalue weighted by molar-refractivity contribution is 6.16. The van der Waals surface area contributed by atoms with Crippen molar-refractivity contribution in [2.75, 3.05) is 38.6 Å².